The smallest absolute Gasteiger partial charge is 0.0951 e. The van der Waals surface area contributed by atoms with Gasteiger partial charge in [-0.3, -0.25) is 0 Å². The van der Waals surface area contributed by atoms with E-state index in [1.165, 1.54) is 18.5 Å². The molecule has 1 aromatic rings. The summed E-state index contributed by atoms with van der Waals surface area (Å²) >= 11 is 0. The highest BCUT2D eigenvalue weighted by molar-refractivity contribution is 5.01. The van der Waals surface area contributed by atoms with Crippen LogP contribution >= 0.6 is 0 Å². The molecule has 0 aromatic carbocycles. The first kappa shape index (κ1) is 13.6. The zero-order valence-electron chi connectivity index (χ0n) is 11.9. The van der Waals surface area contributed by atoms with E-state index in [9.17, 15) is 0 Å². The molecule has 4 heteroatoms. The normalized spacial score (nSPS) is 17.3. The Morgan fingerprint density at radius 2 is 2.17 bits per heavy atom. The van der Waals surface area contributed by atoms with E-state index in [1.54, 1.807) is 0 Å². The van der Waals surface area contributed by atoms with E-state index < -0.39 is 0 Å². The molecule has 102 valence electrons. The van der Waals surface area contributed by atoms with Gasteiger partial charge in [0.15, 0.2) is 0 Å². The maximum Gasteiger partial charge on any atom is 0.0951 e. The van der Waals surface area contributed by atoms with Crippen LogP contribution in [0.2, 0.25) is 0 Å². The van der Waals surface area contributed by atoms with Gasteiger partial charge in [-0.1, -0.05) is 13.8 Å². The van der Waals surface area contributed by atoms with E-state index in [4.69, 9.17) is 0 Å². The van der Waals surface area contributed by atoms with Gasteiger partial charge in [0.1, 0.15) is 0 Å². The third-order valence-electron chi connectivity index (χ3n) is 3.79. The summed E-state index contributed by atoms with van der Waals surface area (Å²) in [4.78, 5) is 6.77. The van der Waals surface area contributed by atoms with Gasteiger partial charge in [0.25, 0.3) is 0 Å². The number of rotatable bonds is 8. The molecule has 1 heterocycles. The number of nitrogens with one attached hydrogen (secondary N) is 1. The lowest BCUT2D eigenvalue weighted by Crippen LogP contribution is -2.30. The molecule has 0 spiro atoms. The Morgan fingerprint density at radius 1 is 1.44 bits per heavy atom. The van der Waals surface area contributed by atoms with Crippen molar-refractivity contribution in [3.63, 3.8) is 0 Å². The molecule has 2 rings (SSSR count). The third-order valence-corrected chi connectivity index (χ3v) is 3.79. The molecule has 1 aliphatic rings. The molecule has 0 radical (unpaired) electrons. The van der Waals surface area contributed by atoms with Gasteiger partial charge in [-0.05, 0) is 32.9 Å². The van der Waals surface area contributed by atoms with E-state index in [1.807, 2.05) is 12.5 Å². The molecule has 1 saturated carbocycles. The van der Waals surface area contributed by atoms with Crippen LogP contribution in [0, 0.1) is 0 Å². The number of likely N-dealkylation sites (N-methyl/N-ethyl adjacent to an activating group) is 1. The average Bonchev–Trinajstić information content (AvgIpc) is 3.10. The fourth-order valence-corrected chi connectivity index (χ4v) is 2.35. The number of nitrogens with zero attached hydrogens (tertiary/aromatic N) is 3. The van der Waals surface area contributed by atoms with Crippen molar-refractivity contribution in [2.45, 2.75) is 52.2 Å². The first-order valence-corrected chi connectivity index (χ1v) is 7.21. The average molecular weight is 250 g/mol. The van der Waals surface area contributed by atoms with E-state index in [-0.39, 0.29) is 0 Å². The summed E-state index contributed by atoms with van der Waals surface area (Å²) in [5.74, 6) is 0. The maximum atomic E-state index is 4.30. The number of aromatic nitrogens is 2. The summed E-state index contributed by atoms with van der Waals surface area (Å²) in [6.45, 7) is 11.0. The monoisotopic (exact) mass is 250 g/mol. The summed E-state index contributed by atoms with van der Waals surface area (Å²) in [5.41, 5.74) is 1.31. The SMILES string of the molecule is CCN(CC)CC(C)n1cncc1CNC1CC1. The van der Waals surface area contributed by atoms with Crippen LogP contribution in [0.4, 0.5) is 0 Å². The van der Waals surface area contributed by atoms with Crippen molar-refractivity contribution in [1.29, 1.82) is 0 Å². The predicted molar refractivity (Wildman–Crippen MR) is 74.6 cm³/mol. The highest BCUT2D eigenvalue weighted by Crippen LogP contribution is 2.20. The third kappa shape index (κ3) is 3.56. The minimum absolute atomic E-state index is 0.489. The van der Waals surface area contributed by atoms with E-state index in [2.05, 4.69) is 40.5 Å². The standard InChI is InChI=1S/C14H26N4/c1-4-17(5-2)10-12(3)18-11-15-8-14(18)9-16-13-6-7-13/h8,11-13,16H,4-7,9-10H2,1-3H3. The van der Waals surface area contributed by atoms with Gasteiger partial charge in [0, 0.05) is 31.4 Å². The van der Waals surface area contributed by atoms with Crippen LogP contribution in [0.25, 0.3) is 0 Å². The Balaban J connectivity index is 1.91. The van der Waals surface area contributed by atoms with Crippen molar-refractivity contribution in [3.05, 3.63) is 18.2 Å². The van der Waals surface area contributed by atoms with Crippen LogP contribution in [-0.2, 0) is 6.54 Å². The van der Waals surface area contributed by atoms with Gasteiger partial charge in [-0.15, -0.1) is 0 Å². The molecule has 4 nitrogen and oxygen atoms in total. The summed E-state index contributed by atoms with van der Waals surface area (Å²) in [6.07, 6.45) is 6.64. The summed E-state index contributed by atoms with van der Waals surface area (Å²) in [5, 5.41) is 3.56. The minimum Gasteiger partial charge on any atom is -0.329 e. The predicted octanol–water partition coefficient (Wildman–Crippen LogP) is 2.04. The van der Waals surface area contributed by atoms with Gasteiger partial charge in [-0.25, -0.2) is 4.98 Å². The van der Waals surface area contributed by atoms with Crippen molar-refractivity contribution >= 4 is 0 Å². The molecule has 0 saturated heterocycles. The molecule has 1 N–H and O–H groups in total. The number of hydrogen-bond donors (Lipinski definition) is 1. The minimum atomic E-state index is 0.489. The van der Waals surface area contributed by atoms with Crippen LogP contribution in [0.5, 0.6) is 0 Å². The molecule has 18 heavy (non-hydrogen) atoms. The maximum absolute atomic E-state index is 4.30. The fraction of sp³-hybridized carbons (Fsp3) is 0.786. The molecular weight excluding hydrogens is 224 g/mol. The zero-order chi connectivity index (χ0) is 13.0. The zero-order valence-corrected chi connectivity index (χ0v) is 11.9. The Kier molecular flexibility index (Phi) is 4.78. The van der Waals surface area contributed by atoms with Gasteiger partial charge in [0.2, 0.25) is 0 Å². The summed E-state index contributed by atoms with van der Waals surface area (Å²) in [6, 6.07) is 1.25. The van der Waals surface area contributed by atoms with Gasteiger partial charge < -0.3 is 14.8 Å². The quantitative estimate of drug-likeness (QED) is 0.766. The van der Waals surface area contributed by atoms with Crippen molar-refractivity contribution < 1.29 is 0 Å². The van der Waals surface area contributed by atoms with Gasteiger partial charge in [-0.2, -0.15) is 0 Å². The number of imidazole rings is 1. The van der Waals surface area contributed by atoms with Crippen molar-refractivity contribution in [1.82, 2.24) is 19.8 Å². The molecule has 1 fully saturated rings. The Morgan fingerprint density at radius 3 is 2.78 bits per heavy atom. The Bertz CT molecular complexity index is 352. The largest absolute Gasteiger partial charge is 0.329 e. The molecule has 1 unspecified atom stereocenters. The molecular formula is C14H26N4. The topological polar surface area (TPSA) is 33.1 Å². The fourth-order valence-electron chi connectivity index (χ4n) is 2.35. The van der Waals surface area contributed by atoms with Crippen LogP contribution in [0.1, 0.15) is 45.3 Å². The lowest BCUT2D eigenvalue weighted by Gasteiger charge is -2.24. The van der Waals surface area contributed by atoms with E-state index in [0.717, 1.165) is 32.2 Å². The molecule has 1 atom stereocenters. The second-order valence-corrected chi connectivity index (χ2v) is 5.28. The first-order chi connectivity index (χ1) is 8.74. The Labute approximate surface area is 110 Å². The van der Waals surface area contributed by atoms with E-state index in [0.29, 0.717) is 6.04 Å². The molecule has 0 aliphatic heterocycles. The van der Waals surface area contributed by atoms with Crippen molar-refractivity contribution in [2.75, 3.05) is 19.6 Å². The highest BCUT2D eigenvalue weighted by Gasteiger charge is 2.21. The summed E-state index contributed by atoms with van der Waals surface area (Å²) in [7, 11) is 0. The van der Waals surface area contributed by atoms with Crippen LogP contribution in [0.3, 0.4) is 0 Å². The van der Waals surface area contributed by atoms with Crippen LogP contribution in [-0.4, -0.2) is 40.1 Å². The van der Waals surface area contributed by atoms with Gasteiger partial charge >= 0.3 is 0 Å². The van der Waals surface area contributed by atoms with Crippen LogP contribution in [0.15, 0.2) is 12.5 Å². The van der Waals surface area contributed by atoms with Crippen molar-refractivity contribution in [2.24, 2.45) is 0 Å². The number of hydrogen-bond acceptors (Lipinski definition) is 3. The van der Waals surface area contributed by atoms with E-state index >= 15 is 0 Å². The lowest BCUT2D eigenvalue weighted by molar-refractivity contribution is 0.258. The van der Waals surface area contributed by atoms with Crippen LogP contribution < -0.4 is 5.32 Å². The molecule has 0 bridgehead atoms. The van der Waals surface area contributed by atoms with Crippen molar-refractivity contribution in [3.8, 4) is 0 Å². The second kappa shape index (κ2) is 6.34. The van der Waals surface area contributed by atoms with Gasteiger partial charge in [0.05, 0.1) is 12.0 Å². The molecule has 1 aromatic heterocycles. The molecule has 1 aliphatic carbocycles. The highest BCUT2D eigenvalue weighted by atomic mass is 15.2. The first-order valence-electron chi connectivity index (χ1n) is 7.21. The molecule has 0 amide bonds. The second-order valence-electron chi connectivity index (χ2n) is 5.28. The lowest BCUT2D eigenvalue weighted by atomic mass is 10.2. The summed E-state index contributed by atoms with van der Waals surface area (Å²) < 4.78 is 2.31. The Hall–Kier alpha value is -0.870.